The van der Waals surface area contributed by atoms with Crippen molar-refractivity contribution in [3.05, 3.63) is 58.9 Å². The monoisotopic (exact) mass is 468 g/mol. The summed E-state index contributed by atoms with van der Waals surface area (Å²) in [5.41, 5.74) is 12.5. The molecule has 1 unspecified atom stereocenters. The summed E-state index contributed by atoms with van der Waals surface area (Å²) in [5.74, 6) is -0.426. The molecule has 172 valence electrons. The third kappa shape index (κ3) is 4.80. The summed E-state index contributed by atoms with van der Waals surface area (Å²) in [6.07, 6.45) is 5.05. The van der Waals surface area contributed by atoms with E-state index in [4.69, 9.17) is 11.5 Å². The van der Waals surface area contributed by atoms with Gasteiger partial charge in [-0.2, -0.15) is 0 Å². The molecule has 1 fully saturated rings. The first-order valence-electron chi connectivity index (χ1n) is 10.7. The number of benzene rings is 1. The van der Waals surface area contributed by atoms with E-state index in [0.717, 1.165) is 43.1 Å². The van der Waals surface area contributed by atoms with E-state index in [9.17, 15) is 14.0 Å². The summed E-state index contributed by atoms with van der Waals surface area (Å²) < 4.78 is 13.4. The van der Waals surface area contributed by atoms with E-state index in [-0.39, 0.29) is 16.5 Å². The average molecular weight is 469 g/mol. The van der Waals surface area contributed by atoms with Crippen LogP contribution in [0.15, 0.2) is 42.6 Å². The largest absolute Gasteiger partial charge is 0.382 e. The van der Waals surface area contributed by atoms with Gasteiger partial charge in [0.25, 0.3) is 0 Å². The first-order valence-corrected chi connectivity index (χ1v) is 11.5. The minimum atomic E-state index is -0.797. The van der Waals surface area contributed by atoms with Crippen LogP contribution in [0.1, 0.15) is 41.4 Å². The maximum atomic E-state index is 13.4. The van der Waals surface area contributed by atoms with Crippen LogP contribution >= 0.6 is 11.3 Å². The maximum Gasteiger partial charge on any atom is 0.240 e. The van der Waals surface area contributed by atoms with E-state index in [1.54, 1.807) is 19.2 Å². The zero-order valence-electron chi connectivity index (χ0n) is 18.2. The fraction of sp³-hybridized carbons (Fsp3) is 0.304. The second-order valence-corrected chi connectivity index (χ2v) is 8.89. The van der Waals surface area contributed by atoms with Crippen LogP contribution in [0.4, 0.5) is 26.8 Å². The Kier molecular flexibility index (Phi) is 6.55. The molecule has 3 heterocycles. The predicted molar refractivity (Wildman–Crippen MR) is 127 cm³/mol. The molecule has 1 atom stereocenters. The molecular formula is C23H25FN6O2S. The highest BCUT2D eigenvalue weighted by molar-refractivity contribution is 7.18. The Balaban J connectivity index is 1.62. The van der Waals surface area contributed by atoms with Crippen molar-refractivity contribution >= 4 is 45.5 Å². The van der Waals surface area contributed by atoms with Crippen molar-refractivity contribution in [1.82, 2.24) is 9.97 Å². The Bertz CT molecular complexity index is 1140. The number of primary amides is 1. The number of anilines is 4. The Morgan fingerprint density at radius 2 is 1.82 bits per heavy atom. The van der Waals surface area contributed by atoms with Crippen LogP contribution in [-0.4, -0.2) is 40.8 Å². The van der Waals surface area contributed by atoms with Crippen LogP contribution in [0.3, 0.4) is 0 Å². The number of rotatable bonds is 7. The molecule has 1 aromatic carbocycles. The highest BCUT2D eigenvalue weighted by atomic mass is 32.1. The van der Waals surface area contributed by atoms with Crippen LogP contribution in [0.2, 0.25) is 0 Å². The average Bonchev–Trinajstić information content (AvgIpc) is 3.21. The zero-order chi connectivity index (χ0) is 23.5. The number of amides is 1. The van der Waals surface area contributed by atoms with E-state index >= 15 is 0 Å². The summed E-state index contributed by atoms with van der Waals surface area (Å²) in [5, 5.41) is 0.312. The topological polar surface area (TPSA) is 118 Å². The lowest BCUT2D eigenvalue weighted by Gasteiger charge is -2.27. The van der Waals surface area contributed by atoms with Crippen molar-refractivity contribution in [3.8, 4) is 0 Å². The highest BCUT2D eigenvalue weighted by Crippen LogP contribution is 2.36. The molecule has 4 N–H and O–H groups in total. The van der Waals surface area contributed by atoms with E-state index in [0.29, 0.717) is 16.4 Å². The molecule has 8 nitrogen and oxygen atoms in total. The molecule has 2 aromatic heterocycles. The molecular weight excluding hydrogens is 443 g/mol. The van der Waals surface area contributed by atoms with Crippen molar-refractivity contribution in [3.63, 3.8) is 0 Å². The third-order valence-electron chi connectivity index (χ3n) is 5.65. The quantitative estimate of drug-likeness (QED) is 0.510. The van der Waals surface area contributed by atoms with Gasteiger partial charge in [-0.05, 0) is 62.6 Å². The summed E-state index contributed by atoms with van der Waals surface area (Å²) in [7, 11) is 0. The number of aromatic nitrogens is 2. The number of piperidine rings is 1. The molecule has 0 radical (unpaired) electrons. The zero-order valence-corrected chi connectivity index (χ0v) is 19.0. The number of hydrogen-bond donors (Lipinski definition) is 2. The molecule has 33 heavy (non-hydrogen) atoms. The summed E-state index contributed by atoms with van der Waals surface area (Å²) in [6, 6.07) is 8.35. The Morgan fingerprint density at radius 3 is 2.42 bits per heavy atom. The van der Waals surface area contributed by atoms with E-state index in [2.05, 4.69) is 14.9 Å². The molecule has 0 bridgehead atoms. The van der Waals surface area contributed by atoms with Gasteiger partial charge in [0.2, 0.25) is 11.7 Å². The van der Waals surface area contributed by atoms with Crippen molar-refractivity contribution in [2.24, 2.45) is 5.73 Å². The number of nitrogens with two attached hydrogens (primary N) is 2. The molecule has 3 aromatic rings. The number of pyridine rings is 1. The minimum Gasteiger partial charge on any atom is -0.382 e. The number of ketones is 1. The second-order valence-electron chi connectivity index (χ2n) is 7.92. The van der Waals surface area contributed by atoms with Crippen molar-refractivity contribution in [2.75, 3.05) is 28.6 Å². The van der Waals surface area contributed by atoms with Crippen molar-refractivity contribution < 1.29 is 14.0 Å². The van der Waals surface area contributed by atoms with Gasteiger partial charge < -0.3 is 21.3 Å². The van der Waals surface area contributed by atoms with Crippen LogP contribution in [-0.2, 0) is 4.79 Å². The number of halogens is 1. The van der Waals surface area contributed by atoms with Gasteiger partial charge >= 0.3 is 0 Å². The van der Waals surface area contributed by atoms with E-state index < -0.39 is 17.8 Å². The molecule has 10 heteroatoms. The SMILES string of the molecule is CC(C(N)=O)N(c1ccc(F)cc1)c1nc(N)c(C(=O)c2ccc(N3CCCCC3)nc2)s1. The molecule has 4 rings (SSSR count). The Labute approximate surface area is 195 Å². The molecule has 0 spiro atoms. The fourth-order valence-electron chi connectivity index (χ4n) is 3.78. The van der Waals surface area contributed by atoms with Gasteiger partial charge in [0, 0.05) is 30.5 Å². The molecule has 0 saturated carbocycles. The van der Waals surface area contributed by atoms with Crippen LogP contribution in [0, 0.1) is 5.82 Å². The van der Waals surface area contributed by atoms with Crippen LogP contribution in [0.5, 0.6) is 0 Å². The Morgan fingerprint density at radius 1 is 1.12 bits per heavy atom. The predicted octanol–water partition coefficient (Wildman–Crippen LogP) is 3.49. The standard InChI is InChI=1S/C23H25FN6O2S/c1-14(22(26)32)30(17-8-6-16(24)7-9-17)23-28-21(25)20(33-23)19(31)15-5-10-18(27-13-15)29-11-3-2-4-12-29/h5-10,13-14H,2-4,11-12,25H2,1H3,(H2,26,32). The van der Waals surface area contributed by atoms with Crippen molar-refractivity contribution in [1.29, 1.82) is 0 Å². The number of carbonyl (C=O) groups is 2. The molecule has 1 amide bonds. The first kappa shape index (κ1) is 22.7. The lowest BCUT2D eigenvalue weighted by molar-refractivity contribution is -0.118. The maximum absolute atomic E-state index is 13.4. The fourth-order valence-corrected chi connectivity index (χ4v) is 4.83. The van der Waals surface area contributed by atoms with Crippen LogP contribution < -0.4 is 21.3 Å². The van der Waals surface area contributed by atoms with Crippen molar-refractivity contribution in [2.45, 2.75) is 32.2 Å². The summed E-state index contributed by atoms with van der Waals surface area (Å²) >= 11 is 1.05. The van der Waals surface area contributed by atoms with Gasteiger partial charge in [-0.1, -0.05) is 11.3 Å². The van der Waals surface area contributed by atoms with Gasteiger partial charge in [-0.3, -0.25) is 9.59 Å². The van der Waals surface area contributed by atoms with E-state index in [1.165, 1.54) is 35.6 Å². The molecule has 1 saturated heterocycles. The number of carbonyl (C=O) groups excluding carboxylic acids is 2. The minimum absolute atomic E-state index is 0.0453. The lowest BCUT2D eigenvalue weighted by Crippen LogP contribution is -2.39. The lowest BCUT2D eigenvalue weighted by atomic mass is 10.1. The summed E-state index contributed by atoms with van der Waals surface area (Å²) in [4.78, 5) is 37.9. The number of thiazole rings is 1. The molecule has 1 aliphatic heterocycles. The van der Waals surface area contributed by atoms with Gasteiger partial charge in [-0.15, -0.1) is 0 Å². The molecule has 0 aliphatic carbocycles. The van der Waals surface area contributed by atoms with Gasteiger partial charge in [0.05, 0.1) is 0 Å². The van der Waals surface area contributed by atoms with Gasteiger partial charge in [0.1, 0.15) is 28.4 Å². The smallest absolute Gasteiger partial charge is 0.240 e. The first-order chi connectivity index (χ1) is 15.8. The Hall–Kier alpha value is -3.53. The number of nitrogens with zero attached hydrogens (tertiary/aromatic N) is 4. The number of nitrogen functional groups attached to an aromatic ring is 1. The normalized spacial score (nSPS) is 14.7. The molecule has 1 aliphatic rings. The van der Waals surface area contributed by atoms with Gasteiger partial charge in [-0.25, -0.2) is 14.4 Å². The van der Waals surface area contributed by atoms with Gasteiger partial charge in [0.15, 0.2) is 5.13 Å². The van der Waals surface area contributed by atoms with E-state index in [1.807, 2.05) is 6.07 Å². The highest BCUT2D eigenvalue weighted by Gasteiger charge is 2.27. The third-order valence-corrected chi connectivity index (χ3v) is 6.72. The second kappa shape index (κ2) is 9.53. The summed E-state index contributed by atoms with van der Waals surface area (Å²) in [6.45, 7) is 3.53. The van der Waals surface area contributed by atoms with Crippen LogP contribution in [0.25, 0.3) is 0 Å². The number of hydrogen-bond acceptors (Lipinski definition) is 8.